The van der Waals surface area contributed by atoms with E-state index in [2.05, 4.69) is 76.3 Å². The van der Waals surface area contributed by atoms with Gasteiger partial charge in [-0.15, -0.1) is 0 Å². The molecule has 0 spiro atoms. The van der Waals surface area contributed by atoms with Gasteiger partial charge in [0.25, 0.3) is 0 Å². The van der Waals surface area contributed by atoms with E-state index < -0.39 is 8.07 Å². The van der Waals surface area contributed by atoms with Crippen LogP contribution in [0.3, 0.4) is 0 Å². The standard InChI is InChI=1S/C17H24Si/c1-17(2,3)15-12-9-13-16(15)18(4,5)14-10-7-6-8-11-14/h6-12H,13H2,1-5H3. The van der Waals surface area contributed by atoms with Gasteiger partial charge in [-0.25, -0.2) is 0 Å². The van der Waals surface area contributed by atoms with Gasteiger partial charge < -0.3 is 0 Å². The fourth-order valence-corrected chi connectivity index (χ4v) is 5.96. The van der Waals surface area contributed by atoms with Crippen LogP contribution in [0.25, 0.3) is 0 Å². The Labute approximate surface area is 112 Å². The van der Waals surface area contributed by atoms with E-state index in [1.54, 1.807) is 16.0 Å². The third kappa shape index (κ3) is 2.37. The van der Waals surface area contributed by atoms with Gasteiger partial charge in [0.1, 0.15) is 8.07 Å². The minimum absolute atomic E-state index is 0.265. The molecule has 0 heterocycles. The molecular formula is C17H24Si. The summed E-state index contributed by atoms with van der Waals surface area (Å²) in [6, 6.07) is 11.1. The van der Waals surface area contributed by atoms with Gasteiger partial charge in [-0.1, -0.05) is 86.7 Å². The van der Waals surface area contributed by atoms with E-state index in [-0.39, 0.29) is 5.41 Å². The van der Waals surface area contributed by atoms with Crippen molar-refractivity contribution >= 4 is 13.3 Å². The zero-order chi connectivity index (χ0) is 13.4. The lowest BCUT2D eigenvalue weighted by Gasteiger charge is -2.31. The molecule has 0 radical (unpaired) electrons. The SMILES string of the molecule is CC(C)(C)C1=C([Si](C)(C)c2ccccc2)CC=C1. The first-order valence-electron chi connectivity index (χ1n) is 6.79. The van der Waals surface area contributed by atoms with Crippen LogP contribution in [-0.4, -0.2) is 8.07 Å². The van der Waals surface area contributed by atoms with Gasteiger partial charge in [0.05, 0.1) is 0 Å². The summed E-state index contributed by atoms with van der Waals surface area (Å²) in [4.78, 5) is 0. The molecule has 1 aromatic carbocycles. The first-order chi connectivity index (χ1) is 8.33. The molecule has 18 heavy (non-hydrogen) atoms. The molecule has 2 rings (SSSR count). The van der Waals surface area contributed by atoms with E-state index in [4.69, 9.17) is 0 Å². The third-order valence-corrected chi connectivity index (χ3v) is 7.75. The Kier molecular flexibility index (Phi) is 3.37. The zero-order valence-electron chi connectivity index (χ0n) is 12.2. The van der Waals surface area contributed by atoms with Crippen molar-refractivity contribution in [2.45, 2.75) is 40.3 Å². The van der Waals surface area contributed by atoms with E-state index in [1.807, 2.05) is 0 Å². The van der Waals surface area contributed by atoms with Gasteiger partial charge in [-0.05, 0) is 17.4 Å². The van der Waals surface area contributed by atoms with Crippen molar-refractivity contribution in [1.82, 2.24) is 0 Å². The van der Waals surface area contributed by atoms with Crippen molar-refractivity contribution in [3.63, 3.8) is 0 Å². The lowest BCUT2D eigenvalue weighted by molar-refractivity contribution is 0.516. The summed E-state index contributed by atoms with van der Waals surface area (Å²) >= 11 is 0. The summed E-state index contributed by atoms with van der Waals surface area (Å²) in [5.41, 5.74) is 1.84. The Morgan fingerprint density at radius 1 is 1.00 bits per heavy atom. The quantitative estimate of drug-likeness (QED) is 0.686. The largest absolute Gasteiger partial charge is 0.108 e. The van der Waals surface area contributed by atoms with E-state index >= 15 is 0 Å². The van der Waals surface area contributed by atoms with Crippen LogP contribution in [0, 0.1) is 5.41 Å². The molecule has 0 atom stereocenters. The Balaban J connectivity index is 2.49. The summed E-state index contributed by atoms with van der Waals surface area (Å²) in [5.74, 6) is 0. The summed E-state index contributed by atoms with van der Waals surface area (Å²) in [5, 5.41) is 3.26. The molecule has 0 unspecified atom stereocenters. The van der Waals surface area contributed by atoms with Gasteiger partial charge in [-0.2, -0.15) is 0 Å². The van der Waals surface area contributed by atoms with Crippen molar-refractivity contribution in [1.29, 1.82) is 0 Å². The molecule has 1 aliphatic rings. The average Bonchev–Trinajstić information content (AvgIpc) is 2.79. The molecule has 0 aromatic heterocycles. The number of rotatable bonds is 2. The molecular weight excluding hydrogens is 232 g/mol. The van der Waals surface area contributed by atoms with Gasteiger partial charge >= 0.3 is 0 Å². The van der Waals surface area contributed by atoms with Crippen molar-refractivity contribution in [3.05, 3.63) is 53.3 Å². The topological polar surface area (TPSA) is 0 Å². The van der Waals surface area contributed by atoms with Gasteiger partial charge in [-0.3, -0.25) is 0 Å². The van der Waals surface area contributed by atoms with Crippen LogP contribution in [0.2, 0.25) is 13.1 Å². The van der Waals surface area contributed by atoms with Crippen LogP contribution in [0.5, 0.6) is 0 Å². The Bertz CT molecular complexity index is 484. The van der Waals surface area contributed by atoms with E-state index in [9.17, 15) is 0 Å². The fraction of sp³-hybridized carbons (Fsp3) is 0.412. The van der Waals surface area contributed by atoms with E-state index in [1.165, 1.54) is 0 Å². The molecule has 0 bridgehead atoms. The molecule has 0 fully saturated rings. The molecule has 1 aromatic rings. The van der Waals surface area contributed by atoms with Crippen molar-refractivity contribution in [3.8, 4) is 0 Å². The lowest BCUT2D eigenvalue weighted by Crippen LogP contribution is -2.44. The van der Waals surface area contributed by atoms with Crippen LogP contribution < -0.4 is 5.19 Å². The maximum Gasteiger partial charge on any atom is 0.108 e. The predicted octanol–water partition coefficient (Wildman–Crippen LogP) is 4.44. The van der Waals surface area contributed by atoms with Crippen molar-refractivity contribution < 1.29 is 0 Å². The number of hydrogen-bond acceptors (Lipinski definition) is 0. The lowest BCUT2D eigenvalue weighted by atomic mass is 9.87. The predicted molar refractivity (Wildman–Crippen MR) is 83.8 cm³/mol. The second-order valence-corrected chi connectivity index (χ2v) is 11.2. The maximum atomic E-state index is 2.48. The van der Waals surface area contributed by atoms with Crippen LogP contribution in [0.1, 0.15) is 27.2 Å². The molecule has 0 N–H and O–H groups in total. The zero-order valence-corrected chi connectivity index (χ0v) is 13.2. The monoisotopic (exact) mass is 256 g/mol. The molecule has 0 nitrogen and oxygen atoms in total. The number of allylic oxidation sites excluding steroid dienone is 4. The highest BCUT2D eigenvalue weighted by molar-refractivity contribution is 6.95. The smallest absolute Gasteiger partial charge is 0.0805 e. The van der Waals surface area contributed by atoms with E-state index in [0.29, 0.717) is 0 Å². The second-order valence-electron chi connectivity index (χ2n) is 6.74. The third-order valence-electron chi connectivity index (χ3n) is 3.99. The molecule has 0 saturated heterocycles. The maximum absolute atomic E-state index is 2.48. The Morgan fingerprint density at radius 3 is 2.17 bits per heavy atom. The number of hydrogen-bond donors (Lipinski definition) is 0. The molecule has 0 saturated carbocycles. The van der Waals surface area contributed by atoms with Gasteiger partial charge in [0, 0.05) is 0 Å². The van der Waals surface area contributed by atoms with Crippen LogP contribution in [0.15, 0.2) is 53.3 Å². The normalized spacial score (nSPS) is 16.5. The van der Waals surface area contributed by atoms with Crippen molar-refractivity contribution in [2.75, 3.05) is 0 Å². The Morgan fingerprint density at radius 2 is 1.61 bits per heavy atom. The minimum Gasteiger partial charge on any atom is -0.0805 e. The second kappa shape index (κ2) is 4.54. The molecule has 0 aliphatic heterocycles. The van der Waals surface area contributed by atoms with Gasteiger partial charge in [0.2, 0.25) is 0 Å². The highest BCUT2D eigenvalue weighted by atomic mass is 28.3. The molecule has 0 amide bonds. The first-order valence-corrected chi connectivity index (χ1v) is 9.79. The summed E-state index contributed by atoms with van der Waals surface area (Å²) < 4.78 is 0. The minimum atomic E-state index is -1.50. The van der Waals surface area contributed by atoms with E-state index in [0.717, 1.165) is 6.42 Å². The van der Waals surface area contributed by atoms with Crippen LogP contribution >= 0.6 is 0 Å². The molecule has 1 heteroatoms. The molecule has 1 aliphatic carbocycles. The van der Waals surface area contributed by atoms with Crippen LogP contribution in [0.4, 0.5) is 0 Å². The Hall–Kier alpha value is -1.08. The highest BCUT2D eigenvalue weighted by Gasteiger charge is 2.34. The average molecular weight is 256 g/mol. The van der Waals surface area contributed by atoms with Gasteiger partial charge in [0.15, 0.2) is 0 Å². The summed E-state index contributed by atoms with van der Waals surface area (Å²) in [6.45, 7) is 11.9. The number of benzene rings is 1. The summed E-state index contributed by atoms with van der Waals surface area (Å²) in [6.07, 6.45) is 5.85. The van der Waals surface area contributed by atoms with Crippen molar-refractivity contribution in [2.24, 2.45) is 5.41 Å². The molecule has 96 valence electrons. The first kappa shape index (κ1) is 13.4. The highest BCUT2D eigenvalue weighted by Crippen LogP contribution is 2.38. The van der Waals surface area contributed by atoms with Crippen LogP contribution in [-0.2, 0) is 0 Å². The fourth-order valence-electron chi connectivity index (χ4n) is 2.83. The summed E-state index contributed by atoms with van der Waals surface area (Å²) in [7, 11) is -1.50.